The average molecular weight is 419 g/mol. The maximum absolute atomic E-state index is 13.0. The van der Waals surface area contributed by atoms with Crippen molar-refractivity contribution in [3.63, 3.8) is 0 Å². The van der Waals surface area contributed by atoms with Crippen molar-refractivity contribution in [2.75, 3.05) is 12.8 Å². The maximum Gasteiger partial charge on any atom is 0.406 e. The first-order valence-corrected chi connectivity index (χ1v) is 9.14. The van der Waals surface area contributed by atoms with Gasteiger partial charge in [-0.2, -0.15) is 13.2 Å². The number of para-hydroxylation sites is 1. The van der Waals surface area contributed by atoms with Gasteiger partial charge in [0, 0.05) is 16.5 Å². The molecule has 10 heteroatoms. The first-order valence-electron chi connectivity index (χ1n) is 7.54. The number of nitrogens with zero attached hydrogens (tertiary/aromatic N) is 2. The van der Waals surface area contributed by atoms with Crippen LogP contribution in [0.15, 0.2) is 47.4 Å². The molecule has 0 aliphatic carbocycles. The van der Waals surface area contributed by atoms with Crippen LogP contribution >= 0.6 is 23.4 Å². The molecule has 0 atom stereocenters. The lowest BCUT2D eigenvalue weighted by atomic mass is 10.1. The first kappa shape index (κ1) is 21.0. The maximum atomic E-state index is 13.0. The number of halogens is 4. The fourth-order valence-electron chi connectivity index (χ4n) is 2.41. The molecule has 0 aromatic heterocycles. The summed E-state index contributed by atoms with van der Waals surface area (Å²) in [5.74, 6) is -0.952. The van der Waals surface area contributed by atoms with Crippen molar-refractivity contribution in [2.45, 2.75) is 17.6 Å². The predicted octanol–water partition coefficient (Wildman–Crippen LogP) is 5.17. The van der Waals surface area contributed by atoms with Crippen LogP contribution in [-0.4, -0.2) is 34.7 Å². The van der Waals surface area contributed by atoms with Crippen LogP contribution in [0, 0.1) is 10.1 Å². The number of carbonyl (C=O) groups is 1. The van der Waals surface area contributed by atoms with E-state index in [4.69, 9.17) is 11.6 Å². The van der Waals surface area contributed by atoms with E-state index in [9.17, 15) is 28.1 Å². The number of hydrogen-bond donors (Lipinski definition) is 0. The summed E-state index contributed by atoms with van der Waals surface area (Å²) in [7, 11) is 0. The number of hydrogen-bond acceptors (Lipinski definition) is 4. The molecule has 0 spiro atoms. The lowest BCUT2D eigenvalue weighted by Crippen LogP contribution is -2.38. The summed E-state index contributed by atoms with van der Waals surface area (Å²) < 4.78 is 39.1. The second-order valence-corrected chi connectivity index (χ2v) is 6.79. The van der Waals surface area contributed by atoms with Gasteiger partial charge in [-0.25, -0.2) is 0 Å². The minimum absolute atomic E-state index is 0.00255. The normalized spacial score (nSPS) is 11.3. The number of benzene rings is 2. The third-order valence-electron chi connectivity index (χ3n) is 3.61. The van der Waals surface area contributed by atoms with Crippen molar-refractivity contribution in [1.82, 2.24) is 4.90 Å². The number of amides is 1. The van der Waals surface area contributed by atoms with Gasteiger partial charge in [-0.05, 0) is 24.5 Å². The molecule has 0 aliphatic heterocycles. The largest absolute Gasteiger partial charge is 0.406 e. The van der Waals surface area contributed by atoms with Crippen LogP contribution in [0.25, 0.3) is 0 Å². The van der Waals surface area contributed by atoms with E-state index in [1.807, 2.05) is 0 Å². The molecule has 0 unspecified atom stereocenters. The Morgan fingerprint density at radius 1 is 1.26 bits per heavy atom. The highest BCUT2D eigenvalue weighted by molar-refractivity contribution is 7.98. The summed E-state index contributed by atoms with van der Waals surface area (Å²) >= 11 is 7.31. The average Bonchev–Trinajstić information content (AvgIpc) is 2.60. The number of carbonyl (C=O) groups excluding carboxylic acids is 1. The Kier molecular flexibility index (Phi) is 6.72. The van der Waals surface area contributed by atoms with E-state index in [-0.39, 0.29) is 21.8 Å². The van der Waals surface area contributed by atoms with Gasteiger partial charge in [-0.1, -0.05) is 29.8 Å². The second-order valence-electron chi connectivity index (χ2n) is 5.51. The number of nitro groups is 1. The van der Waals surface area contributed by atoms with E-state index in [2.05, 4.69) is 0 Å². The van der Waals surface area contributed by atoms with Gasteiger partial charge in [-0.15, -0.1) is 11.8 Å². The molecule has 0 bridgehead atoms. The van der Waals surface area contributed by atoms with Crippen LogP contribution < -0.4 is 0 Å². The monoisotopic (exact) mass is 418 g/mol. The quantitative estimate of drug-likeness (QED) is 0.368. The molecule has 0 heterocycles. The Bertz CT molecular complexity index is 862. The molecule has 27 heavy (non-hydrogen) atoms. The number of nitro benzene ring substituents is 1. The van der Waals surface area contributed by atoms with Crippen molar-refractivity contribution in [3.05, 3.63) is 68.7 Å². The molecular formula is C17H14ClF3N2O3S. The number of rotatable bonds is 6. The highest BCUT2D eigenvalue weighted by Gasteiger charge is 2.35. The van der Waals surface area contributed by atoms with Crippen LogP contribution in [0.3, 0.4) is 0 Å². The fourth-order valence-corrected chi connectivity index (χ4v) is 3.05. The summed E-state index contributed by atoms with van der Waals surface area (Å²) in [5, 5.41) is 11.1. The Labute approximate surface area is 162 Å². The molecule has 0 aliphatic rings. The zero-order chi connectivity index (χ0) is 20.2. The topological polar surface area (TPSA) is 63.5 Å². The van der Waals surface area contributed by atoms with Crippen LogP contribution in [-0.2, 0) is 6.54 Å². The molecule has 0 saturated carbocycles. The second kappa shape index (κ2) is 8.62. The standard InChI is InChI=1S/C17H14ClF3N2O3S/c1-27-12-6-7-14(18)13(8-12)16(24)22(10-17(19,20)21)9-11-4-2-3-5-15(11)23(25)26/h2-8H,9-10H2,1H3. The number of alkyl halides is 3. The Morgan fingerprint density at radius 3 is 2.52 bits per heavy atom. The van der Waals surface area contributed by atoms with Gasteiger partial charge in [0.15, 0.2) is 0 Å². The van der Waals surface area contributed by atoms with E-state index >= 15 is 0 Å². The van der Waals surface area contributed by atoms with E-state index in [0.29, 0.717) is 9.80 Å². The molecule has 2 aromatic rings. The van der Waals surface area contributed by atoms with Gasteiger partial charge in [0.05, 0.1) is 22.1 Å². The molecule has 0 radical (unpaired) electrons. The van der Waals surface area contributed by atoms with Crippen LogP contribution in [0.2, 0.25) is 5.02 Å². The molecule has 0 fully saturated rings. The molecule has 2 aromatic carbocycles. The minimum Gasteiger partial charge on any atom is -0.325 e. The summed E-state index contributed by atoms with van der Waals surface area (Å²) in [4.78, 5) is 24.3. The first-order chi connectivity index (χ1) is 12.6. The van der Waals surface area contributed by atoms with Crippen molar-refractivity contribution < 1.29 is 22.9 Å². The Balaban J connectivity index is 2.44. The molecular weight excluding hydrogens is 405 g/mol. The van der Waals surface area contributed by atoms with E-state index in [0.717, 1.165) is 0 Å². The van der Waals surface area contributed by atoms with E-state index in [1.165, 1.54) is 48.2 Å². The van der Waals surface area contributed by atoms with E-state index in [1.54, 1.807) is 12.3 Å². The summed E-state index contributed by atoms with van der Waals surface area (Å²) in [6.45, 7) is -2.13. The Morgan fingerprint density at radius 2 is 1.93 bits per heavy atom. The lowest BCUT2D eigenvalue weighted by Gasteiger charge is -2.24. The molecule has 1 amide bonds. The SMILES string of the molecule is CSc1ccc(Cl)c(C(=O)N(Cc2ccccc2[N+](=O)[O-])CC(F)(F)F)c1. The summed E-state index contributed by atoms with van der Waals surface area (Å²) in [6, 6.07) is 9.81. The van der Waals surface area contributed by atoms with E-state index < -0.39 is 30.1 Å². The molecule has 144 valence electrons. The van der Waals surface area contributed by atoms with Gasteiger partial charge in [0.2, 0.25) is 0 Å². The summed E-state index contributed by atoms with van der Waals surface area (Å²) in [5.41, 5.74) is -0.454. The van der Waals surface area contributed by atoms with Crippen molar-refractivity contribution in [3.8, 4) is 0 Å². The third kappa shape index (κ3) is 5.61. The Hall–Kier alpha value is -2.26. The van der Waals surface area contributed by atoms with Crippen molar-refractivity contribution >= 4 is 35.0 Å². The van der Waals surface area contributed by atoms with Gasteiger partial charge < -0.3 is 4.90 Å². The zero-order valence-corrected chi connectivity index (χ0v) is 15.6. The highest BCUT2D eigenvalue weighted by atomic mass is 35.5. The van der Waals surface area contributed by atoms with Gasteiger partial charge in [-0.3, -0.25) is 14.9 Å². The van der Waals surface area contributed by atoms with Crippen molar-refractivity contribution in [1.29, 1.82) is 0 Å². The molecule has 2 rings (SSSR count). The number of thioether (sulfide) groups is 1. The smallest absolute Gasteiger partial charge is 0.325 e. The minimum atomic E-state index is -4.68. The molecule has 0 saturated heterocycles. The van der Waals surface area contributed by atoms with Crippen LogP contribution in [0.1, 0.15) is 15.9 Å². The fraction of sp³-hybridized carbons (Fsp3) is 0.235. The zero-order valence-electron chi connectivity index (χ0n) is 14.0. The van der Waals surface area contributed by atoms with Crippen LogP contribution in [0.4, 0.5) is 18.9 Å². The van der Waals surface area contributed by atoms with Gasteiger partial charge in [0.25, 0.3) is 11.6 Å². The van der Waals surface area contributed by atoms with Gasteiger partial charge in [0.1, 0.15) is 6.54 Å². The highest BCUT2D eigenvalue weighted by Crippen LogP contribution is 2.28. The molecule has 0 N–H and O–H groups in total. The third-order valence-corrected chi connectivity index (χ3v) is 4.67. The predicted molar refractivity (Wildman–Crippen MR) is 97.1 cm³/mol. The van der Waals surface area contributed by atoms with Gasteiger partial charge >= 0.3 is 6.18 Å². The lowest BCUT2D eigenvalue weighted by molar-refractivity contribution is -0.385. The van der Waals surface area contributed by atoms with Crippen LogP contribution in [0.5, 0.6) is 0 Å². The van der Waals surface area contributed by atoms with Crippen molar-refractivity contribution in [2.24, 2.45) is 0 Å². The molecule has 5 nitrogen and oxygen atoms in total. The summed E-state index contributed by atoms with van der Waals surface area (Å²) in [6.07, 6.45) is -2.93.